The van der Waals surface area contributed by atoms with Crippen molar-refractivity contribution < 1.29 is 9.13 Å². The van der Waals surface area contributed by atoms with E-state index in [2.05, 4.69) is 36.5 Å². The van der Waals surface area contributed by atoms with E-state index in [1.165, 1.54) is 17.7 Å². The minimum absolute atomic E-state index is 0.257. The van der Waals surface area contributed by atoms with E-state index in [1.807, 2.05) is 18.2 Å². The minimum Gasteiger partial charge on any atom is -0.487 e. The van der Waals surface area contributed by atoms with Crippen molar-refractivity contribution >= 4 is 17.3 Å². The smallest absolute Gasteiger partial charge is 0.138 e. The Bertz CT molecular complexity index is 847. The molecule has 0 atom stereocenters. The highest BCUT2D eigenvalue weighted by Crippen LogP contribution is 2.27. The molecule has 1 N–H and O–H groups in total. The Morgan fingerprint density at radius 2 is 1.54 bits per heavy atom. The number of nitrogens with one attached hydrogen (secondary N) is 1. The van der Waals surface area contributed by atoms with Crippen LogP contribution in [-0.4, -0.2) is 0 Å². The predicted molar refractivity (Wildman–Crippen MR) is 105 cm³/mol. The van der Waals surface area contributed by atoms with Crippen LogP contribution in [0.2, 0.25) is 5.02 Å². The van der Waals surface area contributed by atoms with Crippen LogP contribution in [0.3, 0.4) is 0 Å². The first-order valence-electron chi connectivity index (χ1n) is 8.62. The van der Waals surface area contributed by atoms with E-state index < -0.39 is 0 Å². The van der Waals surface area contributed by atoms with E-state index in [0.29, 0.717) is 23.9 Å². The summed E-state index contributed by atoms with van der Waals surface area (Å²) in [5.74, 6) is 0.361. The molecule has 0 amide bonds. The Balaban J connectivity index is 1.57. The standard InChI is InChI=1S/C22H21ClFNO/c1-2-16-5-10-20(11-6-16)25-14-18-7-12-22(21(23)13-18)26-15-17-3-8-19(24)9-4-17/h3-13,25H,2,14-15H2,1H3. The SMILES string of the molecule is CCc1ccc(NCc2ccc(OCc3ccc(F)cc3)c(Cl)c2)cc1. The van der Waals surface area contributed by atoms with Crippen molar-refractivity contribution in [2.45, 2.75) is 26.5 Å². The lowest BCUT2D eigenvalue weighted by Crippen LogP contribution is -2.00. The van der Waals surface area contributed by atoms with Gasteiger partial charge in [0.1, 0.15) is 18.2 Å². The molecule has 2 nitrogen and oxygen atoms in total. The van der Waals surface area contributed by atoms with Crippen LogP contribution in [0.4, 0.5) is 10.1 Å². The van der Waals surface area contributed by atoms with Crippen molar-refractivity contribution in [3.05, 3.63) is 94.3 Å². The van der Waals surface area contributed by atoms with Gasteiger partial charge in [-0.1, -0.05) is 48.9 Å². The van der Waals surface area contributed by atoms with E-state index in [0.717, 1.165) is 23.2 Å². The number of anilines is 1. The van der Waals surface area contributed by atoms with Crippen LogP contribution in [0.25, 0.3) is 0 Å². The van der Waals surface area contributed by atoms with Gasteiger partial charge in [0, 0.05) is 12.2 Å². The molecule has 0 aliphatic carbocycles. The Morgan fingerprint density at radius 1 is 0.885 bits per heavy atom. The molecule has 26 heavy (non-hydrogen) atoms. The van der Waals surface area contributed by atoms with Crippen molar-refractivity contribution in [1.82, 2.24) is 0 Å². The molecule has 0 heterocycles. The van der Waals surface area contributed by atoms with Gasteiger partial charge in [0.2, 0.25) is 0 Å². The summed E-state index contributed by atoms with van der Waals surface area (Å²) in [5.41, 5.74) is 4.36. The molecule has 0 radical (unpaired) electrons. The lowest BCUT2D eigenvalue weighted by Gasteiger charge is -2.11. The summed E-state index contributed by atoms with van der Waals surface area (Å²) in [7, 11) is 0. The molecule has 4 heteroatoms. The van der Waals surface area contributed by atoms with Crippen LogP contribution in [-0.2, 0) is 19.6 Å². The van der Waals surface area contributed by atoms with Gasteiger partial charge in [-0.25, -0.2) is 4.39 Å². The quantitative estimate of drug-likeness (QED) is 0.532. The maximum absolute atomic E-state index is 12.9. The first-order chi connectivity index (χ1) is 12.6. The minimum atomic E-state index is -0.257. The van der Waals surface area contributed by atoms with E-state index in [1.54, 1.807) is 12.1 Å². The highest BCUT2D eigenvalue weighted by Gasteiger charge is 2.04. The summed E-state index contributed by atoms with van der Waals surface area (Å²) in [4.78, 5) is 0. The van der Waals surface area contributed by atoms with Gasteiger partial charge in [-0.05, 0) is 59.5 Å². The number of aryl methyl sites for hydroxylation is 1. The number of rotatable bonds is 7. The zero-order chi connectivity index (χ0) is 18.4. The molecule has 3 aromatic carbocycles. The van der Waals surface area contributed by atoms with Gasteiger partial charge in [-0.2, -0.15) is 0 Å². The second kappa shape index (κ2) is 8.72. The maximum atomic E-state index is 12.9. The zero-order valence-corrected chi connectivity index (χ0v) is 15.4. The largest absolute Gasteiger partial charge is 0.487 e. The molecule has 0 bridgehead atoms. The molecule has 0 aliphatic rings. The van der Waals surface area contributed by atoms with E-state index in [4.69, 9.17) is 16.3 Å². The average Bonchev–Trinajstić information content (AvgIpc) is 2.67. The van der Waals surface area contributed by atoms with Crippen LogP contribution in [0.1, 0.15) is 23.6 Å². The summed E-state index contributed by atoms with van der Waals surface area (Å²) < 4.78 is 18.7. The van der Waals surface area contributed by atoms with Gasteiger partial charge >= 0.3 is 0 Å². The Labute approximate surface area is 158 Å². The summed E-state index contributed by atoms with van der Waals surface area (Å²) in [6.07, 6.45) is 1.04. The third kappa shape index (κ3) is 4.99. The molecule has 0 saturated carbocycles. The molecule has 0 aliphatic heterocycles. The summed E-state index contributed by atoms with van der Waals surface area (Å²) in [6.45, 7) is 3.18. The van der Waals surface area contributed by atoms with E-state index >= 15 is 0 Å². The molecule has 3 rings (SSSR count). The van der Waals surface area contributed by atoms with Crippen molar-refractivity contribution in [2.24, 2.45) is 0 Å². The molecule has 0 fully saturated rings. The fourth-order valence-electron chi connectivity index (χ4n) is 2.58. The van der Waals surface area contributed by atoms with Crippen molar-refractivity contribution in [2.75, 3.05) is 5.32 Å². The summed E-state index contributed by atoms with van der Waals surface area (Å²) in [5, 5.41) is 3.95. The maximum Gasteiger partial charge on any atom is 0.138 e. The molecule has 0 spiro atoms. The lowest BCUT2D eigenvalue weighted by molar-refractivity contribution is 0.306. The van der Waals surface area contributed by atoms with Crippen LogP contribution in [0, 0.1) is 5.82 Å². The normalized spacial score (nSPS) is 10.6. The monoisotopic (exact) mass is 369 g/mol. The van der Waals surface area contributed by atoms with Crippen molar-refractivity contribution in [3.8, 4) is 5.75 Å². The zero-order valence-electron chi connectivity index (χ0n) is 14.6. The highest BCUT2D eigenvalue weighted by atomic mass is 35.5. The molecule has 0 aromatic heterocycles. The first-order valence-corrected chi connectivity index (χ1v) is 9.00. The van der Waals surface area contributed by atoms with Crippen LogP contribution in [0.15, 0.2) is 66.7 Å². The molecule has 134 valence electrons. The number of ether oxygens (including phenoxy) is 1. The van der Waals surface area contributed by atoms with Gasteiger partial charge in [-0.3, -0.25) is 0 Å². The topological polar surface area (TPSA) is 21.3 Å². The highest BCUT2D eigenvalue weighted by molar-refractivity contribution is 6.32. The van der Waals surface area contributed by atoms with Crippen LogP contribution < -0.4 is 10.1 Å². The lowest BCUT2D eigenvalue weighted by atomic mass is 10.1. The Hall–Kier alpha value is -2.52. The number of halogens is 2. The summed E-state index contributed by atoms with van der Waals surface area (Å²) in [6, 6.07) is 20.4. The number of benzene rings is 3. The van der Waals surface area contributed by atoms with Gasteiger partial charge in [-0.15, -0.1) is 0 Å². The first kappa shape index (κ1) is 18.3. The van der Waals surface area contributed by atoms with E-state index in [-0.39, 0.29) is 5.82 Å². The summed E-state index contributed by atoms with van der Waals surface area (Å²) >= 11 is 6.33. The van der Waals surface area contributed by atoms with Gasteiger partial charge in [0.15, 0.2) is 0 Å². The Morgan fingerprint density at radius 3 is 2.19 bits per heavy atom. The fourth-order valence-corrected chi connectivity index (χ4v) is 2.83. The molecule has 3 aromatic rings. The Kier molecular flexibility index (Phi) is 6.13. The van der Waals surface area contributed by atoms with Gasteiger partial charge < -0.3 is 10.1 Å². The van der Waals surface area contributed by atoms with Gasteiger partial charge in [0.05, 0.1) is 5.02 Å². The van der Waals surface area contributed by atoms with Crippen LogP contribution in [0.5, 0.6) is 5.75 Å². The average molecular weight is 370 g/mol. The third-order valence-corrected chi connectivity index (χ3v) is 4.46. The molecular weight excluding hydrogens is 349 g/mol. The predicted octanol–water partition coefficient (Wildman–Crippen LogP) is 6.23. The second-order valence-electron chi connectivity index (χ2n) is 6.08. The van der Waals surface area contributed by atoms with E-state index in [9.17, 15) is 4.39 Å². The number of hydrogen-bond acceptors (Lipinski definition) is 2. The second-order valence-corrected chi connectivity index (χ2v) is 6.49. The van der Waals surface area contributed by atoms with Gasteiger partial charge in [0.25, 0.3) is 0 Å². The molecule has 0 unspecified atom stereocenters. The van der Waals surface area contributed by atoms with Crippen LogP contribution >= 0.6 is 11.6 Å². The van der Waals surface area contributed by atoms with Crippen molar-refractivity contribution in [3.63, 3.8) is 0 Å². The molecule has 0 saturated heterocycles. The third-order valence-electron chi connectivity index (χ3n) is 4.16. The van der Waals surface area contributed by atoms with Crippen molar-refractivity contribution in [1.29, 1.82) is 0 Å². The number of hydrogen-bond donors (Lipinski definition) is 1. The molecular formula is C22H21ClFNO. The fraction of sp³-hybridized carbons (Fsp3) is 0.182.